The highest BCUT2D eigenvalue weighted by Crippen LogP contribution is 2.29. The molecule has 0 fully saturated rings. The predicted octanol–water partition coefficient (Wildman–Crippen LogP) is 5.33. The number of sulfonamides is 1. The summed E-state index contributed by atoms with van der Waals surface area (Å²) in [6, 6.07) is 30.2. The molecular formula is C29H28N2O4S. The highest BCUT2D eigenvalue weighted by Gasteiger charge is 2.28. The molecule has 0 radical (unpaired) electrons. The second-order valence-corrected chi connectivity index (χ2v) is 10.2. The van der Waals surface area contributed by atoms with E-state index in [0.29, 0.717) is 12.2 Å². The van der Waals surface area contributed by atoms with Crippen LogP contribution in [0.1, 0.15) is 27.0 Å². The standard InChI is InChI=1S/C29H28N2O4S/c1-22-12-18-26(19-13-22)36(33,34)31(21-24-8-4-3-5-9-24)28-11-7-6-10-27(28)29(32)30-20-23-14-16-25(35-2)17-15-23/h3-19H,20-21H2,1-2H3,(H,30,32). The van der Waals surface area contributed by atoms with Gasteiger partial charge in [0.05, 0.1) is 29.8 Å². The Labute approximate surface area is 212 Å². The number of benzene rings is 4. The fourth-order valence-corrected chi connectivity index (χ4v) is 5.26. The van der Waals surface area contributed by atoms with Gasteiger partial charge in [0.1, 0.15) is 5.75 Å². The van der Waals surface area contributed by atoms with Crippen LogP contribution in [-0.2, 0) is 23.1 Å². The topological polar surface area (TPSA) is 75.7 Å². The van der Waals surface area contributed by atoms with Gasteiger partial charge < -0.3 is 10.1 Å². The van der Waals surface area contributed by atoms with Crippen molar-refractivity contribution in [2.24, 2.45) is 0 Å². The van der Waals surface area contributed by atoms with Crippen LogP contribution in [0.15, 0.2) is 108 Å². The largest absolute Gasteiger partial charge is 0.497 e. The van der Waals surface area contributed by atoms with E-state index in [1.54, 1.807) is 55.6 Å². The first-order valence-corrected chi connectivity index (χ1v) is 13.0. The molecule has 4 aromatic carbocycles. The van der Waals surface area contributed by atoms with Gasteiger partial charge in [-0.05, 0) is 54.4 Å². The van der Waals surface area contributed by atoms with Crippen LogP contribution in [0, 0.1) is 6.92 Å². The van der Waals surface area contributed by atoms with Crippen molar-refractivity contribution in [3.63, 3.8) is 0 Å². The van der Waals surface area contributed by atoms with Crippen LogP contribution >= 0.6 is 0 Å². The summed E-state index contributed by atoms with van der Waals surface area (Å²) in [7, 11) is -2.36. The molecule has 0 saturated heterocycles. The molecule has 0 unspecified atom stereocenters. The van der Waals surface area contributed by atoms with E-state index in [-0.39, 0.29) is 22.9 Å². The molecule has 7 heteroatoms. The van der Waals surface area contributed by atoms with Crippen LogP contribution in [0.5, 0.6) is 5.75 Å². The number of nitrogens with one attached hydrogen (secondary N) is 1. The molecule has 0 aromatic heterocycles. The molecule has 1 N–H and O–H groups in total. The molecule has 0 spiro atoms. The van der Waals surface area contributed by atoms with E-state index >= 15 is 0 Å². The smallest absolute Gasteiger partial charge is 0.264 e. The van der Waals surface area contributed by atoms with Gasteiger partial charge >= 0.3 is 0 Å². The molecule has 4 aromatic rings. The summed E-state index contributed by atoms with van der Waals surface area (Å²) < 4.78 is 34.2. The minimum Gasteiger partial charge on any atom is -0.497 e. The van der Waals surface area contributed by atoms with Crippen molar-refractivity contribution < 1.29 is 17.9 Å². The maximum absolute atomic E-state index is 13.8. The van der Waals surface area contributed by atoms with Crippen molar-refractivity contribution in [1.29, 1.82) is 0 Å². The molecule has 0 heterocycles. The second kappa shape index (κ2) is 11.1. The number of methoxy groups -OCH3 is 1. The molecule has 0 aliphatic rings. The quantitative estimate of drug-likeness (QED) is 0.337. The number of hydrogen-bond donors (Lipinski definition) is 1. The lowest BCUT2D eigenvalue weighted by Gasteiger charge is -2.26. The van der Waals surface area contributed by atoms with Gasteiger partial charge in [-0.25, -0.2) is 8.42 Å². The molecule has 0 aliphatic heterocycles. The number of amides is 1. The van der Waals surface area contributed by atoms with E-state index in [2.05, 4.69) is 5.32 Å². The van der Waals surface area contributed by atoms with E-state index in [1.165, 1.54) is 4.31 Å². The Balaban J connectivity index is 1.69. The molecule has 0 aliphatic carbocycles. The van der Waals surface area contributed by atoms with Gasteiger partial charge in [-0.3, -0.25) is 9.10 Å². The average molecular weight is 501 g/mol. The predicted molar refractivity (Wildman–Crippen MR) is 142 cm³/mol. The van der Waals surface area contributed by atoms with Crippen LogP contribution in [-0.4, -0.2) is 21.4 Å². The van der Waals surface area contributed by atoms with E-state index in [9.17, 15) is 13.2 Å². The van der Waals surface area contributed by atoms with Crippen molar-refractivity contribution >= 4 is 21.6 Å². The maximum atomic E-state index is 13.8. The molecule has 4 rings (SSSR count). The zero-order chi connectivity index (χ0) is 25.5. The lowest BCUT2D eigenvalue weighted by molar-refractivity contribution is 0.0951. The number of ether oxygens (including phenoxy) is 1. The van der Waals surface area contributed by atoms with Crippen molar-refractivity contribution in [2.45, 2.75) is 24.9 Å². The fourth-order valence-electron chi connectivity index (χ4n) is 3.79. The molecule has 6 nitrogen and oxygen atoms in total. The fraction of sp³-hybridized carbons (Fsp3) is 0.138. The lowest BCUT2D eigenvalue weighted by Crippen LogP contribution is -2.33. The van der Waals surface area contributed by atoms with Gasteiger partial charge in [0.2, 0.25) is 0 Å². The van der Waals surface area contributed by atoms with Crippen molar-refractivity contribution in [2.75, 3.05) is 11.4 Å². The van der Waals surface area contributed by atoms with Gasteiger partial charge in [-0.1, -0.05) is 72.3 Å². The normalized spacial score (nSPS) is 11.1. The first kappa shape index (κ1) is 25.0. The highest BCUT2D eigenvalue weighted by molar-refractivity contribution is 7.92. The number of rotatable bonds is 9. The first-order valence-electron chi connectivity index (χ1n) is 11.5. The number of carbonyl (C=O) groups excluding carboxylic acids is 1. The third-order valence-corrected chi connectivity index (χ3v) is 7.58. The Morgan fingerprint density at radius 1 is 0.806 bits per heavy atom. The van der Waals surface area contributed by atoms with Crippen LogP contribution in [0.25, 0.3) is 0 Å². The van der Waals surface area contributed by atoms with Crippen LogP contribution < -0.4 is 14.4 Å². The third-order valence-electron chi connectivity index (χ3n) is 5.81. The van der Waals surface area contributed by atoms with Gasteiger partial charge in [-0.15, -0.1) is 0 Å². The van der Waals surface area contributed by atoms with Gasteiger partial charge in [0, 0.05) is 6.54 Å². The molecular weight excluding hydrogens is 472 g/mol. The number of hydrogen-bond acceptors (Lipinski definition) is 4. The summed E-state index contributed by atoms with van der Waals surface area (Å²) in [6.45, 7) is 2.28. The number of carbonyl (C=O) groups is 1. The summed E-state index contributed by atoms with van der Waals surface area (Å²) in [4.78, 5) is 13.4. The van der Waals surface area contributed by atoms with Crippen LogP contribution in [0.3, 0.4) is 0 Å². The van der Waals surface area contributed by atoms with Crippen LogP contribution in [0.2, 0.25) is 0 Å². The van der Waals surface area contributed by atoms with Crippen molar-refractivity contribution in [3.8, 4) is 5.75 Å². The van der Waals surface area contributed by atoms with Crippen molar-refractivity contribution in [3.05, 3.63) is 125 Å². The average Bonchev–Trinajstić information content (AvgIpc) is 2.91. The van der Waals surface area contributed by atoms with Crippen LogP contribution in [0.4, 0.5) is 5.69 Å². The van der Waals surface area contributed by atoms with Gasteiger partial charge in [0.25, 0.3) is 15.9 Å². The third kappa shape index (κ3) is 5.75. The Morgan fingerprint density at radius 2 is 1.44 bits per heavy atom. The summed E-state index contributed by atoms with van der Waals surface area (Å²) in [5.41, 5.74) is 3.25. The van der Waals surface area contributed by atoms with Gasteiger partial charge in [0.15, 0.2) is 0 Å². The minimum atomic E-state index is -3.96. The Hall–Kier alpha value is -4.10. The Morgan fingerprint density at radius 3 is 2.11 bits per heavy atom. The molecule has 184 valence electrons. The summed E-state index contributed by atoms with van der Waals surface area (Å²) in [5.74, 6) is 0.367. The molecule has 36 heavy (non-hydrogen) atoms. The Bertz CT molecular complexity index is 1420. The minimum absolute atomic E-state index is 0.0832. The lowest BCUT2D eigenvalue weighted by atomic mass is 10.1. The SMILES string of the molecule is COc1ccc(CNC(=O)c2ccccc2N(Cc2ccccc2)S(=O)(=O)c2ccc(C)cc2)cc1. The van der Waals surface area contributed by atoms with E-state index in [1.807, 2.05) is 61.5 Å². The van der Waals surface area contributed by atoms with Gasteiger partial charge in [-0.2, -0.15) is 0 Å². The molecule has 1 amide bonds. The molecule has 0 saturated carbocycles. The summed E-state index contributed by atoms with van der Waals surface area (Å²) in [6.07, 6.45) is 0. The van der Waals surface area contributed by atoms with E-state index < -0.39 is 10.0 Å². The Kier molecular flexibility index (Phi) is 7.71. The highest BCUT2D eigenvalue weighted by atomic mass is 32.2. The second-order valence-electron chi connectivity index (χ2n) is 8.36. The number of anilines is 1. The zero-order valence-corrected chi connectivity index (χ0v) is 21.0. The number of nitrogens with zero attached hydrogens (tertiary/aromatic N) is 1. The maximum Gasteiger partial charge on any atom is 0.264 e. The number of aryl methyl sites for hydroxylation is 1. The monoisotopic (exact) mass is 500 g/mol. The zero-order valence-electron chi connectivity index (χ0n) is 20.2. The van der Waals surface area contributed by atoms with E-state index in [4.69, 9.17) is 4.74 Å². The molecule has 0 bridgehead atoms. The summed E-state index contributed by atoms with van der Waals surface area (Å²) >= 11 is 0. The summed E-state index contributed by atoms with van der Waals surface area (Å²) in [5, 5.41) is 2.91. The first-order chi connectivity index (χ1) is 17.4. The van der Waals surface area contributed by atoms with E-state index in [0.717, 1.165) is 22.4 Å². The number of para-hydroxylation sites is 1. The molecule has 0 atom stereocenters. The van der Waals surface area contributed by atoms with Crippen molar-refractivity contribution in [1.82, 2.24) is 5.32 Å².